The van der Waals surface area contributed by atoms with Crippen LogP contribution in [0.4, 0.5) is 18.9 Å². The second-order valence-corrected chi connectivity index (χ2v) is 8.43. The van der Waals surface area contributed by atoms with Gasteiger partial charge in [-0.3, -0.25) is 14.5 Å². The van der Waals surface area contributed by atoms with Crippen LogP contribution in [0.25, 0.3) is 0 Å². The third kappa shape index (κ3) is 5.57. The molecule has 0 radical (unpaired) electrons. The predicted octanol–water partition coefficient (Wildman–Crippen LogP) is 4.80. The molecular formula is C22H26F3N3O3S. The zero-order valence-corrected chi connectivity index (χ0v) is 19.1. The highest BCUT2D eigenvalue weighted by Crippen LogP contribution is 2.37. The highest BCUT2D eigenvalue weighted by Gasteiger charge is 2.49. The first-order valence-electron chi connectivity index (χ1n) is 10.3. The minimum absolute atomic E-state index is 0.00953. The van der Waals surface area contributed by atoms with Crippen molar-refractivity contribution in [2.75, 3.05) is 18.6 Å². The molecule has 1 aliphatic rings. The van der Waals surface area contributed by atoms with E-state index in [9.17, 15) is 22.8 Å². The van der Waals surface area contributed by atoms with Gasteiger partial charge in [0.05, 0.1) is 30.0 Å². The van der Waals surface area contributed by atoms with Gasteiger partial charge < -0.3 is 9.64 Å². The lowest BCUT2D eigenvalue weighted by atomic mass is 10.0. The minimum atomic E-state index is -4.73. The molecule has 1 aromatic carbocycles. The molecule has 1 saturated heterocycles. The Labute approximate surface area is 190 Å². The quantitative estimate of drug-likeness (QED) is 0.294. The maximum Gasteiger partial charge on any atom is 0.417 e. The first-order valence-corrected chi connectivity index (χ1v) is 10.7. The van der Waals surface area contributed by atoms with Gasteiger partial charge in [-0.15, -0.1) is 0 Å². The molecular weight excluding hydrogens is 443 g/mol. The smallest absolute Gasteiger partial charge is 0.417 e. The summed E-state index contributed by atoms with van der Waals surface area (Å²) in [5.74, 6) is -0.650. The van der Waals surface area contributed by atoms with Crippen LogP contribution in [0.5, 0.6) is 0 Å². The number of nitrogens with zero attached hydrogens (tertiary/aromatic N) is 3. The van der Waals surface area contributed by atoms with Gasteiger partial charge in [0.2, 0.25) is 0 Å². The van der Waals surface area contributed by atoms with E-state index < -0.39 is 28.7 Å². The average Bonchev–Trinajstić information content (AvgIpc) is 2.90. The maximum absolute atomic E-state index is 13.4. The van der Waals surface area contributed by atoms with Crippen molar-refractivity contribution in [3.8, 4) is 6.07 Å². The molecule has 0 spiro atoms. The van der Waals surface area contributed by atoms with Crippen molar-refractivity contribution in [2.24, 2.45) is 0 Å². The molecule has 1 aliphatic heterocycles. The maximum atomic E-state index is 13.4. The topological polar surface area (TPSA) is 73.6 Å². The van der Waals surface area contributed by atoms with Gasteiger partial charge in [0.15, 0.2) is 5.11 Å². The highest BCUT2D eigenvalue weighted by atomic mass is 32.1. The molecule has 0 aromatic heterocycles. The molecule has 0 unspecified atom stereocenters. The number of halogens is 3. The Morgan fingerprint density at radius 3 is 2.41 bits per heavy atom. The Kier molecular flexibility index (Phi) is 8.24. The number of anilines is 1. The molecule has 0 N–H and O–H groups in total. The Balaban J connectivity index is 2.07. The summed E-state index contributed by atoms with van der Waals surface area (Å²) < 4.78 is 44.7. The second kappa shape index (κ2) is 10.3. The van der Waals surface area contributed by atoms with Gasteiger partial charge >= 0.3 is 12.1 Å². The number of methoxy groups -OCH3 is 1. The molecule has 32 heavy (non-hydrogen) atoms. The molecule has 1 fully saturated rings. The Hall–Kier alpha value is -2.67. The molecule has 10 heteroatoms. The fourth-order valence-electron chi connectivity index (χ4n) is 3.61. The molecule has 1 aromatic rings. The summed E-state index contributed by atoms with van der Waals surface area (Å²) in [4.78, 5) is 27.0. The highest BCUT2D eigenvalue weighted by molar-refractivity contribution is 7.80. The zero-order chi connectivity index (χ0) is 24.1. The molecule has 0 aliphatic carbocycles. The van der Waals surface area contributed by atoms with E-state index in [0.717, 1.165) is 49.1 Å². The van der Waals surface area contributed by atoms with Gasteiger partial charge in [-0.2, -0.15) is 18.4 Å². The zero-order valence-electron chi connectivity index (χ0n) is 18.3. The Morgan fingerprint density at radius 2 is 1.81 bits per heavy atom. The van der Waals surface area contributed by atoms with Crippen molar-refractivity contribution < 1.29 is 27.5 Å². The molecule has 0 bridgehead atoms. The van der Waals surface area contributed by atoms with Gasteiger partial charge in [0.1, 0.15) is 5.54 Å². The normalized spacial score (nSPS) is 15.8. The average molecular weight is 470 g/mol. The van der Waals surface area contributed by atoms with Crippen molar-refractivity contribution in [2.45, 2.75) is 64.1 Å². The Bertz CT molecular complexity index is 925. The van der Waals surface area contributed by atoms with E-state index >= 15 is 0 Å². The number of benzene rings is 1. The SMILES string of the molecule is COC(=O)CCCCCCCN1C(=S)N(c2ccc(C#N)c(C(F)(F)F)c2)C(=O)C1(C)C. The summed E-state index contributed by atoms with van der Waals surface area (Å²) in [6.07, 6.45) is -0.224. The number of esters is 1. The summed E-state index contributed by atoms with van der Waals surface area (Å²) in [6.45, 7) is 3.85. The number of alkyl halides is 3. The minimum Gasteiger partial charge on any atom is -0.469 e. The lowest BCUT2D eigenvalue weighted by Crippen LogP contribution is -2.44. The Morgan fingerprint density at radius 1 is 1.19 bits per heavy atom. The standard InChI is InChI=1S/C22H26F3N3O3S/c1-21(2)19(30)28(16-11-10-15(14-26)17(13-16)22(23,24)25)20(32)27(21)12-8-6-4-5-7-9-18(29)31-3/h10-11,13H,4-9,12H2,1-3H3. The molecule has 1 amide bonds. The van der Waals surface area contributed by atoms with Crippen molar-refractivity contribution in [3.63, 3.8) is 0 Å². The van der Waals surface area contributed by atoms with Crippen molar-refractivity contribution >= 4 is 34.9 Å². The van der Waals surface area contributed by atoms with Crippen LogP contribution in [-0.4, -0.2) is 41.1 Å². The molecule has 174 valence electrons. The van der Waals surface area contributed by atoms with Gasteiger partial charge in [0, 0.05) is 13.0 Å². The van der Waals surface area contributed by atoms with E-state index in [0.29, 0.717) is 13.0 Å². The number of rotatable bonds is 9. The van der Waals surface area contributed by atoms with Crippen LogP contribution in [0.15, 0.2) is 18.2 Å². The third-order valence-electron chi connectivity index (χ3n) is 5.50. The third-order valence-corrected chi connectivity index (χ3v) is 5.90. The number of carbonyl (C=O) groups excluding carboxylic acids is 2. The fourth-order valence-corrected chi connectivity index (χ4v) is 4.12. The van der Waals surface area contributed by atoms with Crippen LogP contribution in [0.1, 0.15) is 63.5 Å². The monoisotopic (exact) mass is 469 g/mol. The number of ether oxygens (including phenoxy) is 1. The van der Waals surface area contributed by atoms with Gasteiger partial charge in [-0.25, -0.2) is 0 Å². The molecule has 2 rings (SSSR count). The summed E-state index contributed by atoms with van der Waals surface area (Å²) in [7, 11) is 1.36. The number of nitriles is 1. The largest absolute Gasteiger partial charge is 0.469 e. The number of carbonyl (C=O) groups is 2. The number of hydrogen-bond acceptors (Lipinski definition) is 5. The van der Waals surface area contributed by atoms with Crippen LogP contribution in [0, 0.1) is 11.3 Å². The predicted molar refractivity (Wildman–Crippen MR) is 117 cm³/mol. The van der Waals surface area contributed by atoms with Crippen LogP contribution >= 0.6 is 12.2 Å². The first kappa shape index (κ1) is 25.6. The molecule has 0 atom stereocenters. The van der Waals surface area contributed by atoms with E-state index in [-0.39, 0.29) is 16.8 Å². The summed E-state index contributed by atoms with van der Waals surface area (Å²) in [5, 5.41) is 9.14. The van der Waals surface area contributed by atoms with Crippen molar-refractivity contribution in [3.05, 3.63) is 29.3 Å². The van der Waals surface area contributed by atoms with Gasteiger partial charge in [-0.05, 0) is 57.1 Å². The van der Waals surface area contributed by atoms with E-state index in [1.807, 2.05) is 0 Å². The lowest BCUT2D eigenvalue weighted by molar-refractivity contribution is -0.141. The number of unbranched alkanes of at least 4 members (excludes halogenated alkanes) is 4. The van der Waals surface area contributed by atoms with E-state index in [1.165, 1.54) is 19.2 Å². The van der Waals surface area contributed by atoms with Crippen molar-refractivity contribution in [1.82, 2.24) is 4.90 Å². The number of amides is 1. The molecule has 0 saturated carbocycles. The fraction of sp³-hybridized carbons (Fsp3) is 0.545. The van der Waals surface area contributed by atoms with Crippen LogP contribution in [-0.2, 0) is 20.5 Å². The lowest BCUT2D eigenvalue weighted by Gasteiger charge is -2.29. The molecule has 6 nitrogen and oxygen atoms in total. The van der Waals surface area contributed by atoms with Crippen molar-refractivity contribution in [1.29, 1.82) is 5.26 Å². The summed E-state index contributed by atoms with van der Waals surface area (Å²) in [5.41, 5.74) is -2.63. The summed E-state index contributed by atoms with van der Waals surface area (Å²) >= 11 is 5.46. The summed E-state index contributed by atoms with van der Waals surface area (Å²) in [6, 6.07) is 4.69. The number of hydrogen-bond donors (Lipinski definition) is 0. The van der Waals surface area contributed by atoms with Crippen LogP contribution in [0.3, 0.4) is 0 Å². The van der Waals surface area contributed by atoms with E-state index in [1.54, 1.807) is 18.7 Å². The first-order chi connectivity index (χ1) is 14.9. The van der Waals surface area contributed by atoms with E-state index in [4.69, 9.17) is 17.5 Å². The van der Waals surface area contributed by atoms with Crippen LogP contribution < -0.4 is 4.90 Å². The van der Waals surface area contributed by atoms with Crippen LogP contribution in [0.2, 0.25) is 0 Å². The van der Waals surface area contributed by atoms with Gasteiger partial charge in [0.25, 0.3) is 5.91 Å². The van der Waals surface area contributed by atoms with Gasteiger partial charge in [-0.1, -0.05) is 19.3 Å². The number of thiocarbonyl (C=S) groups is 1. The van der Waals surface area contributed by atoms with E-state index in [2.05, 4.69) is 4.74 Å². The molecule has 1 heterocycles. The second-order valence-electron chi connectivity index (χ2n) is 8.07.